The summed E-state index contributed by atoms with van der Waals surface area (Å²) in [5.41, 5.74) is 2.28. The van der Waals surface area contributed by atoms with Crippen LogP contribution in [0.3, 0.4) is 0 Å². The van der Waals surface area contributed by atoms with Gasteiger partial charge in [-0.25, -0.2) is 0 Å². The van der Waals surface area contributed by atoms with Gasteiger partial charge in [-0.05, 0) is 24.6 Å². The van der Waals surface area contributed by atoms with Crippen LogP contribution in [-0.4, -0.2) is 44.5 Å². The van der Waals surface area contributed by atoms with Crippen molar-refractivity contribution in [2.75, 3.05) is 38.6 Å². The lowest BCUT2D eigenvalue weighted by Crippen LogP contribution is -2.37. The van der Waals surface area contributed by atoms with Crippen molar-refractivity contribution in [1.82, 2.24) is 10.2 Å². The van der Waals surface area contributed by atoms with Gasteiger partial charge in [0, 0.05) is 32.9 Å². The molecule has 0 saturated heterocycles. The Morgan fingerprint density at radius 1 is 1.30 bits per heavy atom. The number of carbonyl (C=O) groups is 1. The van der Waals surface area contributed by atoms with Gasteiger partial charge in [-0.3, -0.25) is 10.1 Å². The van der Waals surface area contributed by atoms with E-state index in [-0.39, 0.29) is 12.5 Å². The van der Waals surface area contributed by atoms with Crippen molar-refractivity contribution >= 4 is 11.6 Å². The fourth-order valence-corrected chi connectivity index (χ4v) is 1.85. The second-order valence-corrected chi connectivity index (χ2v) is 4.78. The van der Waals surface area contributed by atoms with Gasteiger partial charge in [0.15, 0.2) is 0 Å². The van der Waals surface area contributed by atoms with Crippen LogP contribution in [0.15, 0.2) is 24.3 Å². The first kappa shape index (κ1) is 16.1. The number of terminal acetylenes is 1. The van der Waals surface area contributed by atoms with Crippen molar-refractivity contribution in [2.45, 2.75) is 13.5 Å². The number of rotatable bonds is 7. The molecule has 0 spiro atoms. The summed E-state index contributed by atoms with van der Waals surface area (Å²) in [6, 6.07) is 8.23. The molecule has 1 aromatic rings. The molecule has 1 N–H and O–H groups in total. The summed E-state index contributed by atoms with van der Waals surface area (Å²) in [5, 5.41) is 2.93. The molecule has 108 valence electrons. The third kappa shape index (κ3) is 4.94. The van der Waals surface area contributed by atoms with Crippen LogP contribution in [0, 0.1) is 12.3 Å². The number of nitrogens with zero attached hydrogens (tertiary/aromatic N) is 2. The first-order valence-electron chi connectivity index (χ1n) is 6.76. The molecule has 4 nitrogen and oxygen atoms in total. The Morgan fingerprint density at radius 3 is 2.45 bits per heavy atom. The normalized spacial score (nSPS) is 9.90. The molecule has 0 aromatic heterocycles. The van der Waals surface area contributed by atoms with Gasteiger partial charge in [0.2, 0.25) is 5.91 Å². The Hall–Kier alpha value is -1.99. The molecule has 0 radical (unpaired) electrons. The lowest BCUT2D eigenvalue weighted by atomic mass is 10.2. The third-order valence-corrected chi connectivity index (χ3v) is 3.06. The summed E-state index contributed by atoms with van der Waals surface area (Å²) in [6.07, 6.45) is 5.14. The predicted octanol–water partition coefficient (Wildman–Crippen LogP) is 1.32. The quantitative estimate of drug-likeness (QED) is 0.601. The van der Waals surface area contributed by atoms with Gasteiger partial charge >= 0.3 is 0 Å². The summed E-state index contributed by atoms with van der Waals surface area (Å²) in [7, 11) is 4.02. The SMILES string of the molecule is C#CCNCC(=O)N(CC)Cc1ccc(N(C)C)cc1. The number of anilines is 1. The highest BCUT2D eigenvalue weighted by Crippen LogP contribution is 2.13. The van der Waals surface area contributed by atoms with E-state index in [4.69, 9.17) is 6.42 Å². The zero-order valence-corrected chi connectivity index (χ0v) is 12.5. The Morgan fingerprint density at radius 2 is 1.95 bits per heavy atom. The minimum absolute atomic E-state index is 0.0689. The summed E-state index contributed by atoms with van der Waals surface area (Å²) < 4.78 is 0. The molecule has 0 atom stereocenters. The molecule has 0 aliphatic carbocycles. The first-order chi connectivity index (χ1) is 9.58. The van der Waals surface area contributed by atoms with Crippen LogP contribution in [0.25, 0.3) is 0 Å². The number of hydrogen-bond acceptors (Lipinski definition) is 3. The zero-order valence-electron chi connectivity index (χ0n) is 12.5. The average Bonchev–Trinajstić information content (AvgIpc) is 2.45. The Labute approximate surface area is 121 Å². The number of likely N-dealkylation sites (N-methyl/N-ethyl adjacent to an activating group) is 1. The maximum Gasteiger partial charge on any atom is 0.236 e. The van der Waals surface area contributed by atoms with Crippen LogP contribution in [0.1, 0.15) is 12.5 Å². The third-order valence-electron chi connectivity index (χ3n) is 3.06. The largest absolute Gasteiger partial charge is 0.378 e. The molecule has 0 heterocycles. The van der Waals surface area contributed by atoms with Gasteiger partial charge in [-0.2, -0.15) is 0 Å². The predicted molar refractivity (Wildman–Crippen MR) is 83.6 cm³/mol. The van der Waals surface area contributed by atoms with E-state index >= 15 is 0 Å². The number of benzene rings is 1. The second kappa shape index (κ2) is 8.23. The molecule has 0 unspecified atom stereocenters. The lowest BCUT2D eigenvalue weighted by Gasteiger charge is -2.21. The molecule has 0 fully saturated rings. The molecule has 1 aromatic carbocycles. The highest BCUT2D eigenvalue weighted by molar-refractivity contribution is 5.78. The summed E-state index contributed by atoms with van der Waals surface area (Å²) in [6.45, 7) is 3.99. The fraction of sp³-hybridized carbons (Fsp3) is 0.438. The van der Waals surface area contributed by atoms with Crippen LogP contribution in [0.5, 0.6) is 0 Å². The van der Waals surface area contributed by atoms with E-state index < -0.39 is 0 Å². The van der Waals surface area contributed by atoms with Crippen molar-refractivity contribution in [2.24, 2.45) is 0 Å². The van der Waals surface area contributed by atoms with Gasteiger partial charge < -0.3 is 9.80 Å². The molecule has 0 bridgehead atoms. The van der Waals surface area contributed by atoms with Gasteiger partial charge in [-0.15, -0.1) is 6.42 Å². The summed E-state index contributed by atoms with van der Waals surface area (Å²) >= 11 is 0. The van der Waals surface area contributed by atoms with Crippen LogP contribution < -0.4 is 10.2 Å². The Balaban J connectivity index is 2.59. The number of carbonyl (C=O) groups excluding carboxylic acids is 1. The molecule has 20 heavy (non-hydrogen) atoms. The molecule has 0 saturated carbocycles. The van der Waals surface area contributed by atoms with Gasteiger partial charge in [-0.1, -0.05) is 18.1 Å². The summed E-state index contributed by atoms with van der Waals surface area (Å²) in [5.74, 6) is 2.53. The maximum atomic E-state index is 12.0. The van der Waals surface area contributed by atoms with E-state index in [1.807, 2.05) is 25.9 Å². The minimum Gasteiger partial charge on any atom is -0.378 e. The molecule has 0 aliphatic rings. The van der Waals surface area contributed by atoms with Crippen LogP contribution >= 0.6 is 0 Å². The monoisotopic (exact) mass is 273 g/mol. The first-order valence-corrected chi connectivity index (χ1v) is 6.76. The molecule has 4 heteroatoms. The fourth-order valence-electron chi connectivity index (χ4n) is 1.85. The van der Waals surface area contributed by atoms with Crippen molar-refractivity contribution in [3.05, 3.63) is 29.8 Å². The Kier molecular flexibility index (Phi) is 6.61. The van der Waals surface area contributed by atoms with Gasteiger partial charge in [0.25, 0.3) is 0 Å². The topological polar surface area (TPSA) is 35.6 Å². The molecule has 1 rings (SSSR count). The van der Waals surface area contributed by atoms with E-state index in [0.717, 1.165) is 11.3 Å². The van der Waals surface area contributed by atoms with Gasteiger partial charge in [0.05, 0.1) is 13.1 Å². The average molecular weight is 273 g/mol. The number of nitrogens with one attached hydrogen (secondary N) is 1. The second-order valence-electron chi connectivity index (χ2n) is 4.78. The van der Waals surface area contributed by atoms with E-state index in [1.165, 1.54) is 0 Å². The number of amides is 1. The van der Waals surface area contributed by atoms with Crippen LogP contribution in [-0.2, 0) is 11.3 Å². The highest BCUT2D eigenvalue weighted by atomic mass is 16.2. The van der Waals surface area contributed by atoms with Crippen molar-refractivity contribution in [3.8, 4) is 12.3 Å². The van der Waals surface area contributed by atoms with Crippen molar-refractivity contribution < 1.29 is 4.79 Å². The highest BCUT2D eigenvalue weighted by Gasteiger charge is 2.11. The molecular formula is C16H23N3O. The number of hydrogen-bond donors (Lipinski definition) is 1. The van der Waals surface area contributed by atoms with E-state index in [9.17, 15) is 4.79 Å². The van der Waals surface area contributed by atoms with Crippen LogP contribution in [0.2, 0.25) is 0 Å². The molecular weight excluding hydrogens is 250 g/mol. The summed E-state index contributed by atoms with van der Waals surface area (Å²) in [4.78, 5) is 15.9. The van der Waals surface area contributed by atoms with E-state index in [2.05, 4.69) is 40.4 Å². The molecule has 1 amide bonds. The van der Waals surface area contributed by atoms with Crippen molar-refractivity contribution in [3.63, 3.8) is 0 Å². The molecule has 0 aliphatic heterocycles. The van der Waals surface area contributed by atoms with Crippen LogP contribution in [0.4, 0.5) is 5.69 Å². The Bertz CT molecular complexity index is 460. The maximum absolute atomic E-state index is 12.0. The van der Waals surface area contributed by atoms with Crippen molar-refractivity contribution in [1.29, 1.82) is 0 Å². The lowest BCUT2D eigenvalue weighted by molar-refractivity contribution is -0.130. The standard InChI is InChI=1S/C16H23N3O/c1-5-11-17-12-16(20)19(6-2)13-14-7-9-15(10-8-14)18(3)4/h1,7-10,17H,6,11-13H2,2-4H3. The van der Waals surface area contributed by atoms with E-state index in [0.29, 0.717) is 19.6 Å². The van der Waals surface area contributed by atoms with Gasteiger partial charge in [0.1, 0.15) is 0 Å². The smallest absolute Gasteiger partial charge is 0.236 e. The zero-order chi connectivity index (χ0) is 15.0. The minimum atomic E-state index is 0.0689. The van der Waals surface area contributed by atoms with E-state index in [1.54, 1.807) is 0 Å².